The summed E-state index contributed by atoms with van der Waals surface area (Å²) in [6.45, 7) is 6.88. The van der Waals surface area contributed by atoms with Gasteiger partial charge >= 0.3 is 5.97 Å². The Morgan fingerprint density at radius 3 is 2.88 bits per heavy atom. The molecule has 17 heavy (non-hydrogen) atoms. The van der Waals surface area contributed by atoms with Crippen LogP contribution in [0.25, 0.3) is 0 Å². The molecule has 0 radical (unpaired) electrons. The summed E-state index contributed by atoms with van der Waals surface area (Å²) < 4.78 is 5.15. The smallest absolute Gasteiger partial charge is 0.302 e. The minimum absolute atomic E-state index is 0.145. The van der Waals surface area contributed by atoms with E-state index in [9.17, 15) is 4.79 Å². The lowest BCUT2D eigenvalue weighted by Crippen LogP contribution is -2.27. The van der Waals surface area contributed by atoms with Gasteiger partial charge in [-0.2, -0.15) is 0 Å². The Morgan fingerprint density at radius 1 is 1.41 bits per heavy atom. The van der Waals surface area contributed by atoms with Gasteiger partial charge in [-0.3, -0.25) is 4.79 Å². The van der Waals surface area contributed by atoms with E-state index >= 15 is 0 Å². The van der Waals surface area contributed by atoms with Crippen molar-refractivity contribution in [3.05, 3.63) is 11.1 Å². The van der Waals surface area contributed by atoms with Crippen molar-refractivity contribution >= 4 is 5.97 Å². The number of allylic oxidation sites excluding steroid dienone is 2. The molecule has 0 saturated carbocycles. The third-order valence-electron chi connectivity index (χ3n) is 4.38. The van der Waals surface area contributed by atoms with E-state index in [2.05, 4.69) is 13.8 Å². The van der Waals surface area contributed by atoms with Gasteiger partial charge in [0.1, 0.15) is 0 Å². The summed E-state index contributed by atoms with van der Waals surface area (Å²) in [4.78, 5) is 10.8. The van der Waals surface area contributed by atoms with E-state index in [0.29, 0.717) is 17.9 Å². The van der Waals surface area contributed by atoms with Crippen molar-refractivity contribution in [1.29, 1.82) is 0 Å². The van der Waals surface area contributed by atoms with Crippen LogP contribution in [0, 0.1) is 11.3 Å². The van der Waals surface area contributed by atoms with Crippen LogP contribution in [-0.2, 0) is 9.53 Å². The van der Waals surface area contributed by atoms with Gasteiger partial charge in [-0.05, 0) is 49.9 Å². The lowest BCUT2D eigenvalue weighted by molar-refractivity contribution is -0.142. The molecule has 2 nitrogen and oxygen atoms in total. The van der Waals surface area contributed by atoms with Crippen LogP contribution in [0.4, 0.5) is 0 Å². The number of hydrogen-bond acceptors (Lipinski definition) is 2. The molecule has 0 aromatic carbocycles. The maximum atomic E-state index is 10.8. The van der Waals surface area contributed by atoms with Crippen molar-refractivity contribution in [2.45, 2.75) is 59.3 Å². The van der Waals surface area contributed by atoms with Crippen LogP contribution in [0.15, 0.2) is 11.1 Å². The molecule has 1 atom stereocenters. The van der Waals surface area contributed by atoms with Crippen LogP contribution >= 0.6 is 0 Å². The summed E-state index contributed by atoms with van der Waals surface area (Å²) in [7, 11) is 0. The minimum atomic E-state index is -0.145. The zero-order valence-electron chi connectivity index (χ0n) is 11.3. The first-order valence-corrected chi connectivity index (χ1v) is 6.84. The first kappa shape index (κ1) is 12.7. The summed E-state index contributed by atoms with van der Waals surface area (Å²) in [5, 5.41) is 0. The van der Waals surface area contributed by atoms with Gasteiger partial charge in [0.05, 0.1) is 6.61 Å². The topological polar surface area (TPSA) is 26.3 Å². The van der Waals surface area contributed by atoms with Gasteiger partial charge in [-0.25, -0.2) is 0 Å². The van der Waals surface area contributed by atoms with Gasteiger partial charge in [0.2, 0.25) is 0 Å². The predicted octanol–water partition coefficient (Wildman–Crippen LogP) is 3.86. The van der Waals surface area contributed by atoms with E-state index in [1.165, 1.54) is 39.0 Å². The van der Waals surface area contributed by atoms with Gasteiger partial charge in [-0.15, -0.1) is 0 Å². The highest BCUT2D eigenvalue weighted by atomic mass is 16.5. The van der Waals surface area contributed by atoms with Crippen LogP contribution in [0.1, 0.15) is 59.3 Å². The van der Waals surface area contributed by atoms with E-state index in [4.69, 9.17) is 4.74 Å². The van der Waals surface area contributed by atoms with E-state index < -0.39 is 0 Å². The second-order valence-electron chi connectivity index (χ2n) is 6.23. The Kier molecular flexibility index (Phi) is 3.60. The summed E-state index contributed by atoms with van der Waals surface area (Å²) in [6.07, 6.45) is 7.50. The van der Waals surface area contributed by atoms with Crippen molar-refractivity contribution in [1.82, 2.24) is 0 Å². The molecule has 0 N–H and O–H groups in total. The lowest BCUT2D eigenvalue weighted by atomic mass is 9.66. The maximum absolute atomic E-state index is 10.8. The van der Waals surface area contributed by atoms with E-state index in [0.717, 1.165) is 6.42 Å². The highest BCUT2D eigenvalue weighted by Gasteiger charge is 2.33. The number of carbonyl (C=O) groups is 1. The van der Waals surface area contributed by atoms with Gasteiger partial charge in [0.25, 0.3) is 0 Å². The molecule has 96 valence electrons. The highest BCUT2D eigenvalue weighted by molar-refractivity contribution is 5.65. The third-order valence-corrected chi connectivity index (χ3v) is 4.38. The number of carbonyl (C=O) groups excluding carboxylic acids is 1. The number of ether oxygens (including phenoxy) is 1. The first-order chi connectivity index (χ1) is 7.99. The average molecular weight is 236 g/mol. The SMILES string of the molecule is CC(=O)OCC1CCC2=C(CCCC2(C)C)C1. The molecule has 0 aromatic rings. The Morgan fingerprint density at radius 2 is 2.18 bits per heavy atom. The molecule has 2 rings (SSSR count). The van der Waals surface area contributed by atoms with Crippen LogP contribution in [0.2, 0.25) is 0 Å². The zero-order chi connectivity index (χ0) is 12.5. The number of hydrogen-bond donors (Lipinski definition) is 0. The molecule has 0 bridgehead atoms. The second-order valence-corrected chi connectivity index (χ2v) is 6.23. The van der Waals surface area contributed by atoms with Crippen LogP contribution in [-0.4, -0.2) is 12.6 Å². The minimum Gasteiger partial charge on any atom is -0.466 e. The largest absolute Gasteiger partial charge is 0.466 e. The molecule has 0 heterocycles. The molecule has 0 fully saturated rings. The molecule has 2 aliphatic carbocycles. The average Bonchev–Trinajstić information content (AvgIpc) is 2.25. The lowest BCUT2D eigenvalue weighted by Gasteiger charge is -2.40. The predicted molar refractivity (Wildman–Crippen MR) is 68.6 cm³/mol. The highest BCUT2D eigenvalue weighted by Crippen LogP contribution is 2.47. The van der Waals surface area contributed by atoms with Gasteiger partial charge in [-0.1, -0.05) is 25.0 Å². The van der Waals surface area contributed by atoms with E-state index in [1.54, 1.807) is 11.1 Å². The summed E-state index contributed by atoms with van der Waals surface area (Å²) in [6, 6.07) is 0. The van der Waals surface area contributed by atoms with Crippen LogP contribution in [0.3, 0.4) is 0 Å². The van der Waals surface area contributed by atoms with Gasteiger partial charge in [0, 0.05) is 6.92 Å². The van der Waals surface area contributed by atoms with Crippen molar-refractivity contribution < 1.29 is 9.53 Å². The Labute approximate surface area is 104 Å². The molecular weight excluding hydrogens is 212 g/mol. The molecule has 2 aliphatic rings. The molecule has 0 aromatic heterocycles. The molecule has 0 saturated heterocycles. The van der Waals surface area contributed by atoms with Crippen molar-refractivity contribution in [2.75, 3.05) is 6.61 Å². The van der Waals surface area contributed by atoms with Crippen molar-refractivity contribution in [3.8, 4) is 0 Å². The van der Waals surface area contributed by atoms with E-state index in [-0.39, 0.29) is 5.97 Å². The fourth-order valence-corrected chi connectivity index (χ4v) is 3.44. The standard InChI is InChI=1S/C15H24O2/c1-11(16)17-10-12-6-7-14-13(9-12)5-4-8-15(14,2)3/h12H,4-10H2,1-3H3. The zero-order valence-corrected chi connectivity index (χ0v) is 11.3. The molecule has 0 aliphatic heterocycles. The van der Waals surface area contributed by atoms with Gasteiger partial charge < -0.3 is 4.74 Å². The summed E-state index contributed by atoms with van der Waals surface area (Å²) in [5.74, 6) is 0.417. The number of rotatable bonds is 2. The van der Waals surface area contributed by atoms with Crippen molar-refractivity contribution in [2.24, 2.45) is 11.3 Å². The third kappa shape index (κ3) is 2.91. The second kappa shape index (κ2) is 4.83. The molecule has 2 heteroatoms. The fourth-order valence-electron chi connectivity index (χ4n) is 3.44. The van der Waals surface area contributed by atoms with Gasteiger partial charge in [0.15, 0.2) is 0 Å². The molecular formula is C15H24O2. The first-order valence-electron chi connectivity index (χ1n) is 6.84. The quantitative estimate of drug-likeness (QED) is 0.537. The maximum Gasteiger partial charge on any atom is 0.302 e. The van der Waals surface area contributed by atoms with E-state index in [1.807, 2.05) is 0 Å². The Balaban J connectivity index is 2.01. The molecule has 0 amide bonds. The van der Waals surface area contributed by atoms with Crippen LogP contribution in [0.5, 0.6) is 0 Å². The van der Waals surface area contributed by atoms with Crippen molar-refractivity contribution in [3.63, 3.8) is 0 Å². The Bertz CT molecular complexity index is 339. The fraction of sp³-hybridized carbons (Fsp3) is 0.800. The Hall–Kier alpha value is -0.790. The van der Waals surface area contributed by atoms with Crippen LogP contribution < -0.4 is 0 Å². The molecule has 0 spiro atoms. The summed E-state index contributed by atoms with van der Waals surface area (Å²) in [5.41, 5.74) is 3.80. The normalized spacial score (nSPS) is 27.6. The molecule has 1 unspecified atom stereocenters. The summed E-state index contributed by atoms with van der Waals surface area (Å²) >= 11 is 0. The number of esters is 1. The monoisotopic (exact) mass is 236 g/mol.